The molecular weight excluding hydrogens is 454 g/mol. The van der Waals surface area contributed by atoms with Crippen LogP contribution in [-0.2, 0) is 0 Å². The molecule has 0 atom stereocenters. The lowest BCUT2D eigenvalue weighted by molar-refractivity contribution is 0.101. The van der Waals surface area contributed by atoms with Gasteiger partial charge in [-0.05, 0) is 24.0 Å². The highest BCUT2D eigenvalue weighted by atomic mass is 79.9. The number of anilines is 2. The van der Waals surface area contributed by atoms with Gasteiger partial charge in [-0.25, -0.2) is 0 Å². The van der Waals surface area contributed by atoms with Crippen LogP contribution in [0, 0.1) is 11.8 Å². The molecule has 0 fully saturated rings. The normalized spacial score (nSPS) is 11.3. The Kier molecular flexibility index (Phi) is 7.02. The molecule has 1 aromatic carbocycles. The molecule has 1 N–H and O–H groups in total. The van der Waals surface area contributed by atoms with E-state index in [9.17, 15) is 4.79 Å². The maximum Gasteiger partial charge on any atom is 0.279 e. The first-order valence-electron chi connectivity index (χ1n) is 9.44. The molecule has 3 rings (SSSR count). The summed E-state index contributed by atoms with van der Waals surface area (Å²) in [6.45, 7) is 10.5. The molecule has 0 radical (unpaired) electrons. The molecule has 1 amide bonds. The summed E-state index contributed by atoms with van der Waals surface area (Å²) in [6.07, 6.45) is 0. The number of nitrogens with one attached hydrogen (secondary N) is 1. The Morgan fingerprint density at radius 3 is 2.41 bits per heavy atom. The number of carbonyl (C=O) groups is 1. The molecule has 2 heterocycles. The van der Waals surface area contributed by atoms with Crippen LogP contribution in [0.1, 0.15) is 38.2 Å². The zero-order valence-corrected chi connectivity index (χ0v) is 19.2. The number of rotatable bonds is 8. The van der Waals surface area contributed by atoms with Crippen LogP contribution in [-0.4, -0.2) is 34.4 Å². The van der Waals surface area contributed by atoms with Crippen molar-refractivity contribution in [3.05, 3.63) is 40.5 Å². The van der Waals surface area contributed by atoms with Crippen LogP contribution in [0.15, 0.2) is 39.3 Å². The molecule has 0 spiro atoms. The Bertz CT molecular complexity index is 942. The quantitative estimate of drug-likeness (QED) is 0.472. The third-order valence-electron chi connectivity index (χ3n) is 3.95. The topological polar surface area (TPSA) is 84.2 Å². The van der Waals surface area contributed by atoms with E-state index in [2.05, 4.69) is 69.2 Å². The van der Waals surface area contributed by atoms with Gasteiger partial charge in [0, 0.05) is 29.2 Å². The van der Waals surface area contributed by atoms with Crippen molar-refractivity contribution >= 4 is 43.4 Å². The van der Waals surface area contributed by atoms with Gasteiger partial charge in [0.2, 0.25) is 10.3 Å². The number of nitrogens with zero attached hydrogens (tertiary/aromatic N) is 4. The standard InChI is InChI=1S/C20H24BrN5O2S/c1-12(2)10-26(11-13(3)4)20-24-23-19(29-20)22-18(27)16-9-17(28-25-16)14-5-7-15(21)8-6-14/h5-9,12-13H,10-11H2,1-4H3,(H,22,23,27). The van der Waals surface area contributed by atoms with Crippen molar-refractivity contribution in [2.45, 2.75) is 27.7 Å². The van der Waals surface area contributed by atoms with Gasteiger partial charge in [-0.15, -0.1) is 10.2 Å². The summed E-state index contributed by atoms with van der Waals surface area (Å²) in [4.78, 5) is 14.7. The van der Waals surface area contributed by atoms with Crippen LogP contribution in [0.3, 0.4) is 0 Å². The number of hydrogen-bond acceptors (Lipinski definition) is 7. The zero-order chi connectivity index (χ0) is 21.0. The predicted molar refractivity (Wildman–Crippen MR) is 119 cm³/mol. The first-order valence-corrected chi connectivity index (χ1v) is 11.0. The average molecular weight is 478 g/mol. The molecule has 29 heavy (non-hydrogen) atoms. The average Bonchev–Trinajstić information content (AvgIpc) is 3.31. The smallest absolute Gasteiger partial charge is 0.279 e. The number of hydrogen-bond donors (Lipinski definition) is 1. The number of amides is 1. The molecule has 0 bridgehead atoms. The highest BCUT2D eigenvalue weighted by Gasteiger charge is 2.19. The fourth-order valence-corrected chi connectivity index (χ4v) is 3.82. The minimum absolute atomic E-state index is 0.195. The molecule has 0 saturated carbocycles. The van der Waals surface area contributed by atoms with E-state index in [-0.39, 0.29) is 11.6 Å². The molecule has 9 heteroatoms. The van der Waals surface area contributed by atoms with E-state index in [0.717, 1.165) is 28.3 Å². The van der Waals surface area contributed by atoms with E-state index in [4.69, 9.17) is 4.52 Å². The second kappa shape index (κ2) is 9.49. The second-order valence-corrected chi connectivity index (χ2v) is 9.49. The third-order valence-corrected chi connectivity index (χ3v) is 5.38. The fourth-order valence-electron chi connectivity index (χ4n) is 2.80. The third kappa shape index (κ3) is 5.86. The van der Waals surface area contributed by atoms with Gasteiger partial charge in [-0.3, -0.25) is 10.1 Å². The number of aromatic nitrogens is 3. The molecule has 2 aromatic heterocycles. The van der Waals surface area contributed by atoms with Gasteiger partial charge in [0.1, 0.15) is 0 Å². The van der Waals surface area contributed by atoms with Crippen LogP contribution >= 0.6 is 27.3 Å². The lowest BCUT2D eigenvalue weighted by Crippen LogP contribution is -2.31. The predicted octanol–water partition coefficient (Wildman–Crippen LogP) is 5.33. The molecule has 7 nitrogen and oxygen atoms in total. The van der Waals surface area contributed by atoms with E-state index in [1.165, 1.54) is 11.3 Å². The minimum atomic E-state index is -0.376. The van der Waals surface area contributed by atoms with Gasteiger partial charge in [0.15, 0.2) is 11.5 Å². The van der Waals surface area contributed by atoms with Crippen molar-refractivity contribution in [1.82, 2.24) is 15.4 Å². The monoisotopic (exact) mass is 477 g/mol. The maximum absolute atomic E-state index is 12.5. The van der Waals surface area contributed by atoms with Crippen LogP contribution < -0.4 is 10.2 Å². The Hall–Kier alpha value is -2.26. The Morgan fingerprint density at radius 1 is 1.14 bits per heavy atom. The molecule has 3 aromatic rings. The van der Waals surface area contributed by atoms with Gasteiger partial charge in [-0.2, -0.15) is 0 Å². The van der Waals surface area contributed by atoms with Gasteiger partial charge in [0.25, 0.3) is 5.91 Å². The Morgan fingerprint density at radius 2 is 1.79 bits per heavy atom. The van der Waals surface area contributed by atoms with Crippen molar-refractivity contribution in [1.29, 1.82) is 0 Å². The van der Waals surface area contributed by atoms with E-state index >= 15 is 0 Å². The summed E-state index contributed by atoms with van der Waals surface area (Å²) in [5, 5.41) is 16.3. The molecule has 0 unspecified atom stereocenters. The van der Waals surface area contributed by atoms with Gasteiger partial charge in [0.05, 0.1) is 0 Å². The van der Waals surface area contributed by atoms with Crippen LogP contribution in [0.25, 0.3) is 11.3 Å². The fraction of sp³-hybridized carbons (Fsp3) is 0.400. The van der Waals surface area contributed by atoms with Crippen LogP contribution in [0.5, 0.6) is 0 Å². The Labute approximate surface area is 182 Å². The first kappa shape index (κ1) is 21.4. The molecule has 0 aliphatic carbocycles. The number of carbonyl (C=O) groups excluding carboxylic acids is 1. The molecule has 0 aliphatic heterocycles. The SMILES string of the molecule is CC(C)CN(CC(C)C)c1nnc(NC(=O)c2cc(-c3ccc(Br)cc3)on2)s1. The van der Waals surface area contributed by atoms with Gasteiger partial charge < -0.3 is 9.42 Å². The van der Waals surface area contributed by atoms with Gasteiger partial charge in [-0.1, -0.05) is 72.3 Å². The van der Waals surface area contributed by atoms with E-state index in [1.807, 2.05) is 24.3 Å². The summed E-state index contributed by atoms with van der Waals surface area (Å²) in [7, 11) is 0. The second-order valence-electron chi connectivity index (χ2n) is 7.62. The lowest BCUT2D eigenvalue weighted by atomic mass is 10.1. The lowest BCUT2D eigenvalue weighted by Gasteiger charge is -2.25. The highest BCUT2D eigenvalue weighted by Crippen LogP contribution is 2.27. The summed E-state index contributed by atoms with van der Waals surface area (Å²) < 4.78 is 6.28. The van der Waals surface area contributed by atoms with Crippen LogP contribution in [0.4, 0.5) is 10.3 Å². The number of halogens is 1. The summed E-state index contributed by atoms with van der Waals surface area (Å²) in [5.41, 5.74) is 1.04. The minimum Gasteiger partial charge on any atom is -0.355 e. The Balaban J connectivity index is 1.69. The van der Waals surface area contributed by atoms with Crippen molar-refractivity contribution in [2.24, 2.45) is 11.8 Å². The summed E-state index contributed by atoms with van der Waals surface area (Å²) in [5.74, 6) is 1.16. The molecular formula is C20H24BrN5O2S. The first-order chi connectivity index (χ1) is 13.8. The van der Waals surface area contributed by atoms with Crippen molar-refractivity contribution < 1.29 is 9.32 Å². The van der Waals surface area contributed by atoms with E-state index in [1.54, 1.807) is 6.07 Å². The van der Waals surface area contributed by atoms with E-state index < -0.39 is 0 Å². The van der Waals surface area contributed by atoms with E-state index in [0.29, 0.717) is 22.7 Å². The van der Waals surface area contributed by atoms with Gasteiger partial charge >= 0.3 is 0 Å². The largest absolute Gasteiger partial charge is 0.355 e. The van der Waals surface area contributed by atoms with Crippen LogP contribution in [0.2, 0.25) is 0 Å². The summed E-state index contributed by atoms with van der Waals surface area (Å²) >= 11 is 4.76. The summed E-state index contributed by atoms with van der Waals surface area (Å²) in [6, 6.07) is 9.20. The zero-order valence-electron chi connectivity index (χ0n) is 16.8. The molecule has 0 saturated heterocycles. The maximum atomic E-state index is 12.5. The molecule has 154 valence electrons. The highest BCUT2D eigenvalue weighted by molar-refractivity contribution is 9.10. The van der Waals surface area contributed by atoms with Crippen molar-refractivity contribution in [3.63, 3.8) is 0 Å². The number of benzene rings is 1. The van der Waals surface area contributed by atoms with Crippen molar-refractivity contribution in [3.8, 4) is 11.3 Å². The van der Waals surface area contributed by atoms with Crippen molar-refractivity contribution in [2.75, 3.05) is 23.3 Å². The molecule has 0 aliphatic rings.